The van der Waals surface area contributed by atoms with Gasteiger partial charge in [0.1, 0.15) is 6.61 Å². The first kappa shape index (κ1) is 19.5. The normalized spacial score (nSPS) is 13.1. The number of hydrogen-bond acceptors (Lipinski definition) is 4. The quantitative estimate of drug-likeness (QED) is 0.739. The van der Waals surface area contributed by atoms with Crippen LogP contribution in [0.5, 0.6) is 0 Å². The molecule has 0 radical (unpaired) electrons. The summed E-state index contributed by atoms with van der Waals surface area (Å²) in [4.78, 5) is 27.5. The number of anilines is 2. The van der Waals surface area contributed by atoms with Gasteiger partial charge in [-0.3, -0.25) is 9.59 Å². The molecule has 0 aliphatic carbocycles. The molecule has 1 aliphatic heterocycles. The summed E-state index contributed by atoms with van der Waals surface area (Å²) in [6.07, 6.45) is 2.31. The van der Waals surface area contributed by atoms with E-state index in [1.165, 1.54) is 7.11 Å². The van der Waals surface area contributed by atoms with Gasteiger partial charge in [-0.05, 0) is 42.7 Å². The lowest BCUT2D eigenvalue weighted by molar-refractivity contribution is -0.122. The van der Waals surface area contributed by atoms with Crippen molar-refractivity contribution >= 4 is 35.0 Å². The van der Waals surface area contributed by atoms with Crippen molar-refractivity contribution in [2.75, 3.05) is 36.2 Å². The second-order valence-electron chi connectivity index (χ2n) is 6.39. The predicted octanol–water partition coefficient (Wildman–Crippen LogP) is 3.73. The average molecular weight is 385 g/mol. The number of methoxy groups -OCH3 is 1. The number of hydrogen-bond donors (Lipinski definition) is 1. The molecule has 0 aromatic heterocycles. The monoisotopic (exact) mass is 384 g/mol. The lowest BCUT2D eigenvalue weighted by Crippen LogP contribution is -2.37. The lowest BCUT2D eigenvalue weighted by atomic mass is 10.0. The van der Waals surface area contributed by atoms with Gasteiger partial charge in [-0.15, -0.1) is 11.8 Å². The van der Waals surface area contributed by atoms with Gasteiger partial charge >= 0.3 is 0 Å². The van der Waals surface area contributed by atoms with Crippen LogP contribution in [0.3, 0.4) is 0 Å². The Bertz CT molecular complexity index is 795. The minimum Gasteiger partial charge on any atom is -0.375 e. The number of fused-ring (bicyclic) bond motifs is 1. The Morgan fingerprint density at radius 3 is 2.78 bits per heavy atom. The van der Waals surface area contributed by atoms with Crippen LogP contribution in [0.4, 0.5) is 11.4 Å². The predicted molar refractivity (Wildman–Crippen MR) is 109 cm³/mol. The number of carbonyl (C=O) groups excluding carboxylic acids is 2. The molecule has 3 rings (SSSR count). The molecule has 1 aliphatic rings. The number of ether oxygens (including phenoxy) is 1. The highest BCUT2D eigenvalue weighted by Crippen LogP contribution is 2.30. The molecule has 2 amide bonds. The zero-order chi connectivity index (χ0) is 19.1. The van der Waals surface area contributed by atoms with E-state index in [2.05, 4.69) is 5.32 Å². The summed E-state index contributed by atoms with van der Waals surface area (Å²) in [7, 11) is 1.52. The summed E-state index contributed by atoms with van der Waals surface area (Å²) in [5, 5.41) is 2.95. The van der Waals surface area contributed by atoms with Crippen LogP contribution in [0, 0.1) is 0 Å². The van der Waals surface area contributed by atoms with Crippen molar-refractivity contribution in [1.82, 2.24) is 0 Å². The van der Waals surface area contributed by atoms with Crippen molar-refractivity contribution in [2.24, 2.45) is 0 Å². The van der Waals surface area contributed by atoms with Crippen LogP contribution >= 0.6 is 11.8 Å². The fourth-order valence-electron chi connectivity index (χ4n) is 3.11. The van der Waals surface area contributed by atoms with Crippen LogP contribution in [0.1, 0.15) is 18.4 Å². The van der Waals surface area contributed by atoms with Gasteiger partial charge in [-0.2, -0.15) is 0 Å². The van der Waals surface area contributed by atoms with E-state index in [-0.39, 0.29) is 18.4 Å². The van der Waals surface area contributed by atoms with Crippen molar-refractivity contribution in [3.8, 4) is 0 Å². The van der Waals surface area contributed by atoms with E-state index in [1.807, 2.05) is 48.5 Å². The molecule has 1 heterocycles. The topological polar surface area (TPSA) is 58.6 Å². The van der Waals surface area contributed by atoms with Crippen molar-refractivity contribution in [3.63, 3.8) is 0 Å². The van der Waals surface area contributed by atoms with Gasteiger partial charge in [-0.1, -0.05) is 24.3 Å². The van der Waals surface area contributed by atoms with Crippen LogP contribution in [0.15, 0.2) is 53.4 Å². The fourth-order valence-corrected chi connectivity index (χ4v) is 3.99. The second kappa shape index (κ2) is 9.58. The highest BCUT2D eigenvalue weighted by atomic mass is 32.2. The van der Waals surface area contributed by atoms with Crippen molar-refractivity contribution < 1.29 is 14.3 Å². The van der Waals surface area contributed by atoms with E-state index in [0.717, 1.165) is 40.4 Å². The number of aryl methyl sites for hydroxylation is 1. The third-order valence-corrected chi connectivity index (χ3v) is 5.41. The van der Waals surface area contributed by atoms with Gasteiger partial charge < -0.3 is 15.0 Å². The summed E-state index contributed by atoms with van der Waals surface area (Å²) < 4.78 is 4.98. The van der Waals surface area contributed by atoms with Crippen molar-refractivity contribution in [1.29, 1.82) is 0 Å². The molecule has 5 nitrogen and oxygen atoms in total. The minimum atomic E-state index is -0.0545. The first-order valence-electron chi connectivity index (χ1n) is 9.07. The number of amides is 2. The number of nitrogens with one attached hydrogen (secondary N) is 1. The van der Waals surface area contributed by atoms with Crippen molar-refractivity contribution in [2.45, 2.75) is 24.2 Å². The average Bonchev–Trinajstić information content (AvgIpc) is 2.68. The minimum absolute atomic E-state index is 0.0241. The van der Waals surface area contributed by atoms with Crippen LogP contribution in [-0.4, -0.2) is 37.8 Å². The number of rotatable bonds is 7. The van der Waals surface area contributed by atoms with Gasteiger partial charge in [0.05, 0.1) is 0 Å². The largest absolute Gasteiger partial charge is 0.375 e. The maximum atomic E-state index is 12.3. The van der Waals surface area contributed by atoms with E-state index in [1.54, 1.807) is 16.7 Å². The van der Waals surface area contributed by atoms with Gasteiger partial charge in [0.15, 0.2) is 0 Å². The highest BCUT2D eigenvalue weighted by molar-refractivity contribution is 7.99. The number of nitrogens with zero attached hydrogens (tertiary/aromatic N) is 1. The molecule has 1 N–H and O–H groups in total. The Morgan fingerprint density at radius 1 is 1.19 bits per heavy atom. The fraction of sp³-hybridized carbons (Fsp3) is 0.333. The molecular formula is C21H24N2O3S. The van der Waals surface area contributed by atoms with Crippen LogP contribution in [0.25, 0.3) is 0 Å². The molecular weight excluding hydrogens is 360 g/mol. The van der Waals surface area contributed by atoms with Crippen LogP contribution in [-0.2, 0) is 20.7 Å². The number of benzene rings is 2. The molecule has 2 aromatic carbocycles. The Morgan fingerprint density at radius 2 is 2.00 bits per heavy atom. The Hall–Kier alpha value is -2.31. The van der Waals surface area contributed by atoms with Crippen LogP contribution < -0.4 is 10.2 Å². The number of thioether (sulfide) groups is 1. The summed E-state index contributed by atoms with van der Waals surface area (Å²) >= 11 is 1.66. The molecule has 0 fully saturated rings. The van der Waals surface area contributed by atoms with E-state index < -0.39 is 0 Å². The third kappa shape index (κ3) is 5.34. The van der Waals surface area contributed by atoms with Gasteiger partial charge in [-0.25, -0.2) is 0 Å². The standard InChI is InChI=1S/C21H24N2O3S/c1-26-15-21(25)23-12-5-6-16-9-10-17(14-19(16)23)22-20(24)11-13-27-18-7-3-2-4-8-18/h2-4,7-10,14H,5-6,11-13,15H2,1H3,(H,22,24). The molecule has 0 saturated carbocycles. The smallest absolute Gasteiger partial charge is 0.252 e. The Labute approximate surface area is 164 Å². The van der Waals surface area contributed by atoms with E-state index in [4.69, 9.17) is 4.74 Å². The maximum Gasteiger partial charge on any atom is 0.252 e. The molecule has 142 valence electrons. The molecule has 0 saturated heterocycles. The Balaban J connectivity index is 1.59. The molecule has 2 aromatic rings. The summed E-state index contributed by atoms with van der Waals surface area (Å²) in [5.41, 5.74) is 2.73. The van der Waals surface area contributed by atoms with Gasteiger partial charge in [0.25, 0.3) is 5.91 Å². The third-order valence-electron chi connectivity index (χ3n) is 4.40. The highest BCUT2D eigenvalue weighted by Gasteiger charge is 2.22. The first-order chi connectivity index (χ1) is 13.2. The Kier molecular flexibility index (Phi) is 6.90. The molecule has 27 heavy (non-hydrogen) atoms. The molecule has 0 bridgehead atoms. The summed E-state index contributed by atoms with van der Waals surface area (Å²) in [6.45, 7) is 0.743. The van der Waals surface area contributed by atoms with E-state index in [0.29, 0.717) is 13.0 Å². The van der Waals surface area contributed by atoms with Crippen molar-refractivity contribution in [3.05, 3.63) is 54.1 Å². The zero-order valence-electron chi connectivity index (χ0n) is 15.4. The van der Waals surface area contributed by atoms with Gasteiger partial charge in [0.2, 0.25) is 5.91 Å². The van der Waals surface area contributed by atoms with Gasteiger partial charge in [0, 0.05) is 42.1 Å². The second-order valence-corrected chi connectivity index (χ2v) is 7.55. The molecule has 6 heteroatoms. The lowest BCUT2D eigenvalue weighted by Gasteiger charge is -2.29. The summed E-state index contributed by atoms with van der Waals surface area (Å²) in [6, 6.07) is 15.8. The molecule has 0 atom stereocenters. The number of carbonyl (C=O) groups is 2. The van der Waals surface area contributed by atoms with E-state index in [9.17, 15) is 9.59 Å². The molecule has 0 spiro atoms. The first-order valence-corrected chi connectivity index (χ1v) is 10.1. The maximum absolute atomic E-state index is 12.3. The van der Waals surface area contributed by atoms with E-state index >= 15 is 0 Å². The molecule has 0 unspecified atom stereocenters. The SMILES string of the molecule is COCC(=O)N1CCCc2ccc(NC(=O)CCSc3ccccc3)cc21. The zero-order valence-corrected chi connectivity index (χ0v) is 16.3. The summed E-state index contributed by atoms with van der Waals surface area (Å²) in [5.74, 6) is 0.643. The van der Waals surface area contributed by atoms with Crippen LogP contribution in [0.2, 0.25) is 0 Å².